The Morgan fingerprint density at radius 2 is 2.00 bits per heavy atom. The Morgan fingerprint density at radius 3 is 2.76 bits per heavy atom. The first-order valence-corrected chi connectivity index (χ1v) is 7.16. The van der Waals surface area contributed by atoms with Gasteiger partial charge in [0.15, 0.2) is 6.54 Å². The minimum absolute atomic E-state index is 0.741. The molecule has 0 amide bonds. The quantitative estimate of drug-likeness (QED) is 0.454. The Kier molecular flexibility index (Phi) is 2.29. The lowest BCUT2D eigenvalue weighted by molar-refractivity contribution is -0.749. The lowest BCUT2D eigenvalue weighted by Crippen LogP contribution is -2.36. The zero-order valence-corrected chi connectivity index (χ0v) is 12.4. The van der Waals surface area contributed by atoms with Crippen LogP contribution in [0.3, 0.4) is 0 Å². The van der Waals surface area contributed by atoms with Gasteiger partial charge in [-0.25, -0.2) is 0 Å². The molecule has 3 aromatic rings. The first-order valence-electron chi connectivity index (χ1n) is 7.16. The second-order valence-corrected chi connectivity index (χ2v) is 5.85. The summed E-state index contributed by atoms with van der Waals surface area (Å²) in [5.74, 6) is 0. The molecule has 1 aliphatic rings. The van der Waals surface area contributed by atoms with Gasteiger partial charge in [0.2, 0.25) is 6.20 Å². The minimum Gasteiger partial charge on any atom is -0.192 e. The van der Waals surface area contributed by atoms with Crippen molar-refractivity contribution in [3.8, 4) is 11.8 Å². The molecule has 0 saturated carbocycles. The van der Waals surface area contributed by atoms with E-state index in [1.165, 1.54) is 27.9 Å². The Bertz CT molecular complexity index is 955. The predicted molar refractivity (Wildman–Crippen MR) is 81.5 cm³/mol. The number of fused-ring (bicyclic) bond motifs is 5. The normalized spacial score (nSPS) is 12.3. The van der Waals surface area contributed by atoms with Gasteiger partial charge in [-0.1, -0.05) is 12.1 Å². The smallest absolute Gasteiger partial charge is 0.192 e. The fraction of sp³-hybridized carbons (Fsp3) is 0.222. The molecule has 1 aromatic heterocycles. The molecule has 0 fully saturated rings. The van der Waals surface area contributed by atoms with Crippen molar-refractivity contribution in [3.05, 3.63) is 58.3 Å². The largest absolute Gasteiger partial charge is 0.205 e. The van der Waals surface area contributed by atoms with Gasteiger partial charge in [0.05, 0.1) is 16.5 Å². The van der Waals surface area contributed by atoms with Gasteiger partial charge >= 0.3 is 0 Å². The number of benzene rings is 2. The van der Waals surface area contributed by atoms with E-state index in [9.17, 15) is 5.26 Å². The van der Waals surface area contributed by atoms with Crippen LogP contribution in [0, 0.1) is 32.1 Å². The van der Waals surface area contributed by atoms with E-state index < -0.39 is 0 Å². The third-order valence-corrected chi connectivity index (χ3v) is 4.64. The molecule has 0 saturated heterocycles. The van der Waals surface area contributed by atoms with E-state index in [0.29, 0.717) is 0 Å². The van der Waals surface area contributed by atoms with Crippen LogP contribution in [0.4, 0.5) is 0 Å². The van der Waals surface area contributed by atoms with Crippen molar-refractivity contribution in [2.24, 2.45) is 0 Å². The van der Waals surface area contributed by atoms with Crippen molar-refractivity contribution in [1.82, 2.24) is 4.68 Å². The zero-order valence-electron chi connectivity index (χ0n) is 12.4. The van der Waals surface area contributed by atoms with E-state index in [2.05, 4.69) is 54.5 Å². The maximum atomic E-state index is 9.30. The standard InChI is InChI=1S/C18H16N3/c1-11-7-12(2)15-9-20-10-16-14(8-19)5-4-6-17(16)21(20)18(15)13(11)3/h4-7,10H,9H2,1-3H3/q+1. The Balaban J connectivity index is 2.16. The molecule has 0 atom stereocenters. The average molecular weight is 274 g/mol. The molecule has 2 aromatic carbocycles. The van der Waals surface area contributed by atoms with Crippen LogP contribution in [0.15, 0.2) is 30.5 Å². The van der Waals surface area contributed by atoms with Gasteiger partial charge in [-0.15, -0.1) is 9.36 Å². The van der Waals surface area contributed by atoms with E-state index >= 15 is 0 Å². The molecular weight excluding hydrogens is 258 g/mol. The molecule has 3 heteroatoms. The molecule has 102 valence electrons. The fourth-order valence-electron chi connectivity index (χ4n) is 3.45. The second-order valence-electron chi connectivity index (χ2n) is 5.85. The molecule has 3 nitrogen and oxygen atoms in total. The van der Waals surface area contributed by atoms with Crippen molar-refractivity contribution in [2.45, 2.75) is 27.3 Å². The van der Waals surface area contributed by atoms with Gasteiger partial charge in [0, 0.05) is 0 Å². The summed E-state index contributed by atoms with van der Waals surface area (Å²) in [7, 11) is 0. The van der Waals surface area contributed by atoms with E-state index in [0.717, 1.165) is 23.0 Å². The third-order valence-electron chi connectivity index (χ3n) is 4.64. The summed E-state index contributed by atoms with van der Waals surface area (Å²) in [5, 5.41) is 10.3. The van der Waals surface area contributed by atoms with Crippen LogP contribution in [0.2, 0.25) is 0 Å². The first-order chi connectivity index (χ1) is 10.1. The lowest BCUT2D eigenvalue weighted by Gasteiger charge is -2.08. The molecule has 4 rings (SSSR count). The van der Waals surface area contributed by atoms with Crippen molar-refractivity contribution < 1.29 is 4.68 Å². The number of hydrogen-bond donors (Lipinski definition) is 0. The number of hydrogen-bond acceptors (Lipinski definition) is 1. The van der Waals surface area contributed by atoms with Gasteiger partial charge in [-0.05, 0) is 49.6 Å². The highest BCUT2D eigenvalue weighted by molar-refractivity contribution is 5.85. The van der Waals surface area contributed by atoms with Gasteiger partial charge < -0.3 is 0 Å². The van der Waals surface area contributed by atoms with Crippen molar-refractivity contribution in [2.75, 3.05) is 0 Å². The summed E-state index contributed by atoms with van der Waals surface area (Å²) in [5.41, 5.74) is 8.51. The number of aryl methyl sites for hydroxylation is 2. The zero-order chi connectivity index (χ0) is 14.7. The molecule has 0 bridgehead atoms. The SMILES string of the molecule is Cc1cc(C)c2c(c1C)-n1c3cccc(C#N)c3c[n+]1C2. The van der Waals surface area contributed by atoms with E-state index in [4.69, 9.17) is 0 Å². The molecule has 21 heavy (non-hydrogen) atoms. The van der Waals surface area contributed by atoms with Crippen LogP contribution < -0.4 is 4.68 Å². The predicted octanol–water partition coefficient (Wildman–Crippen LogP) is 3.08. The van der Waals surface area contributed by atoms with Gasteiger partial charge in [-0.3, -0.25) is 0 Å². The molecule has 0 unspecified atom stereocenters. The maximum Gasteiger partial charge on any atom is 0.205 e. The molecular formula is C18H16N3+. The number of nitrogens with zero attached hydrogens (tertiary/aromatic N) is 3. The van der Waals surface area contributed by atoms with Gasteiger partial charge in [-0.2, -0.15) is 5.26 Å². The van der Waals surface area contributed by atoms with E-state index in [1.54, 1.807) is 0 Å². The average Bonchev–Trinajstić information content (AvgIpc) is 3.00. The lowest BCUT2D eigenvalue weighted by atomic mass is 9.98. The van der Waals surface area contributed by atoms with E-state index in [-0.39, 0.29) is 0 Å². The number of nitriles is 1. The van der Waals surface area contributed by atoms with Crippen LogP contribution in [-0.4, -0.2) is 4.68 Å². The number of aromatic nitrogens is 2. The summed E-state index contributed by atoms with van der Waals surface area (Å²) < 4.78 is 4.48. The second kappa shape index (κ2) is 3.95. The monoisotopic (exact) mass is 274 g/mol. The highest BCUT2D eigenvalue weighted by atomic mass is 15.4. The Morgan fingerprint density at radius 1 is 1.19 bits per heavy atom. The minimum atomic E-state index is 0.741. The summed E-state index contributed by atoms with van der Waals surface area (Å²) in [6.07, 6.45) is 2.10. The van der Waals surface area contributed by atoms with Crippen molar-refractivity contribution >= 4 is 10.9 Å². The van der Waals surface area contributed by atoms with Gasteiger partial charge in [0.1, 0.15) is 17.3 Å². The third kappa shape index (κ3) is 1.45. The van der Waals surface area contributed by atoms with Crippen LogP contribution in [-0.2, 0) is 6.54 Å². The van der Waals surface area contributed by atoms with Crippen molar-refractivity contribution in [1.29, 1.82) is 5.26 Å². The van der Waals surface area contributed by atoms with Crippen LogP contribution in [0.25, 0.3) is 16.6 Å². The number of rotatable bonds is 0. The first kappa shape index (κ1) is 12.2. The van der Waals surface area contributed by atoms with Gasteiger partial charge in [0.25, 0.3) is 0 Å². The molecule has 1 aliphatic heterocycles. The highest BCUT2D eigenvalue weighted by Gasteiger charge is 2.32. The maximum absolute atomic E-state index is 9.30. The van der Waals surface area contributed by atoms with E-state index in [1.807, 2.05) is 12.1 Å². The van der Waals surface area contributed by atoms with Crippen LogP contribution >= 0.6 is 0 Å². The molecule has 0 N–H and O–H groups in total. The molecule has 2 heterocycles. The van der Waals surface area contributed by atoms with Crippen molar-refractivity contribution in [3.63, 3.8) is 0 Å². The topological polar surface area (TPSA) is 32.6 Å². The molecule has 0 radical (unpaired) electrons. The summed E-state index contributed by atoms with van der Waals surface area (Å²) in [6.45, 7) is 7.41. The summed E-state index contributed by atoms with van der Waals surface area (Å²) in [6, 6.07) is 10.5. The summed E-state index contributed by atoms with van der Waals surface area (Å²) in [4.78, 5) is 0. The highest BCUT2D eigenvalue weighted by Crippen LogP contribution is 2.32. The molecule has 0 aliphatic carbocycles. The Labute approximate surface area is 123 Å². The van der Waals surface area contributed by atoms with Crippen LogP contribution in [0.1, 0.15) is 27.8 Å². The molecule has 0 spiro atoms. The summed E-state index contributed by atoms with van der Waals surface area (Å²) >= 11 is 0. The van der Waals surface area contributed by atoms with Crippen LogP contribution in [0.5, 0.6) is 0 Å². The fourth-order valence-corrected chi connectivity index (χ4v) is 3.45. The Hall–Kier alpha value is -2.60.